The second-order valence-electron chi connectivity index (χ2n) is 5.47. The van der Waals surface area contributed by atoms with Gasteiger partial charge in [-0.05, 0) is 50.1 Å². The summed E-state index contributed by atoms with van der Waals surface area (Å²) in [5.41, 5.74) is 0. The minimum absolute atomic E-state index is 0.0358. The second-order valence-corrected chi connectivity index (χ2v) is 6.28. The zero-order chi connectivity index (χ0) is 15.8. The number of alkyl halides is 1. The summed E-state index contributed by atoms with van der Waals surface area (Å²) in [6.07, 6.45) is 2.98. The molecule has 4 nitrogen and oxygen atoms in total. The summed E-state index contributed by atoms with van der Waals surface area (Å²) in [7, 11) is 0. The largest absolute Gasteiger partial charge is 0.484 e. The Hall–Kier alpha value is -0.970. The van der Waals surface area contributed by atoms with Gasteiger partial charge in [0.05, 0.1) is 0 Å². The Morgan fingerprint density at radius 2 is 1.95 bits per heavy atom. The summed E-state index contributed by atoms with van der Waals surface area (Å²) in [5.74, 6) is 1.28. The van der Waals surface area contributed by atoms with Crippen molar-refractivity contribution in [3.05, 3.63) is 29.3 Å². The molecule has 1 aliphatic heterocycles. The van der Waals surface area contributed by atoms with Crippen LogP contribution in [0.2, 0.25) is 5.02 Å². The summed E-state index contributed by atoms with van der Waals surface area (Å²) in [6, 6.07) is 7.24. The van der Waals surface area contributed by atoms with E-state index in [1.165, 1.54) is 0 Å². The molecule has 0 aromatic heterocycles. The molecule has 1 N–H and O–H groups in total. The van der Waals surface area contributed by atoms with Gasteiger partial charge in [-0.2, -0.15) is 0 Å². The third-order valence-electron chi connectivity index (χ3n) is 3.74. The molecule has 1 aromatic rings. The van der Waals surface area contributed by atoms with Gasteiger partial charge in [-0.25, -0.2) is 0 Å². The zero-order valence-corrected chi connectivity index (χ0v) is 14.1. The molecule has 122 valence electrons. The number of likely N-dealkylation sites (tertiary alicyclic amines) is 1. The van der Waals surface area contributed by atoms with E-state index in [2.05, 4.69) is 10.2 Å². The average molecular weight is 345 g/mol. The highest BCUT2D eigenvalue weighted by atomic mass is 35.5. The lowest BCUT2D eigenvalue weighted by Gasteiger charge is -2.32. The van der Waals surface area contributed by atoms with Crippen LogP contribution in [0.3, 0.4) is 0 Å². The van der Waals surface area contributed by atoms with Crippen LogP contribution >= 0.6 is 23.2 Å². The fourth-order valence-electron chi connectivity index (χ4n) is 2.53. The van der Waals surface area contributed by atoms with Gasteiger partial charge in [-0.15, -0.1) is 11.6 Å². The predicted molar refractivity (Wildman–Crippen MR) is 89.9 cm³/mol. The Bertz CT molecular complexity index is 460. The van der Waals surface area contributed by atoms with Crippen molar-refractivity contribution in [2.45, 2.75) is 25.3 Å². The molecule has 0 bridgehead atoms. The molecule has 1 amide bonds. The van der Waals surface area contributed by atoms with Gasteiger partial charge < -0.3 is 15.0 Å². The van der Waals surface area contributed by atoms with Gasteiger partial charge >= 0.3 is 0 Å². The van der Waals surface area contributed by atoms with E-state index in [0.717, 1.165) is 38.9 Å². The van der Waals surface area contributed by atoms with Crippen molar-refractivity contribution in [3.63, 3.8) is 0 Å². The van der Waals surface area contributed by atoms with E-state index >= 15 is 0 Å². The fourth-order valence-corrected chi connectivity index (χ4v) is 2.78. The SMILES string of the molecule is O=C(COc1ccc(Cl)cc1)NC1CCN(CCCCl)CC1. The Morgan fingerprint density at radius 1 is 1.27 bits per heavy atom. The van der Waals surface area contributed by atoms with E-state index < -0.39 is 0 Å². The van der Waals surface area contributed by atoms with E-state index in [4.69, 9.17) is 27.9 Å². The van der Waals surface area contributed by atoms with E-state index in [9.17, 15) is 4.79 Å². The number of nitrogens with zero attached hydrogens (tertiary/aromatic N) is 1. The topological polar surface area (TPSA) is 41.6 Å². The Kier molecular flexibility index (Phi) is 7.30. The molecule has 1 fully saturated rings. The van der Waals surface area contributed by atoms with Crippen LogP contribution < -0.4 is 10.1 Å². The molecule has 0 spiro atoms. The van der Waals surface area contributed by atoms with E-state index in [1.54, 1.807) is 24.3 Å². The first-order valence-corrected chi connectivity index (χ1v) is 8.54. The lowest BCUT2D eigenvalue weighted by atomic mass is 10.0. The number of amides is 1. The molecule has 0 aliphatic carbocycles. The third-order valence-corrected chi connectivity index (χ3v) is 4.26. The summed E-state index contributed by atoms with van der Waals surface area (Å²) in [4.78, 5) is 14.3. The molecule has 1 aliphatic rings. The third kappa shape index (κ3) is 6.03. The number of halogens is 2. The van der Waals surface area contributed by atoms with E-state index in [1.807, 2.05) is 0 Å². The maximum absolute atomic E-state index is 11.9. The molecule has 1 heterocycles. The maximum atomic E-state index is 11.9. The van der Waals surface area contributed by atoms with Crippen molar-refractivity contribution in [1.29, 1.82) is 0 Å². The number of benzene rings is 1. The van der Waals surface area contributed by atoms with Gasteiger partial charge in [0.1, 0.15) is 5.75 Å². The van der Waals surface area contributed by atoms with Crippen LogP contribution in [0, 0.1) is 0 Å². The summed E-state index contributed by atoms with van der Waals surface area (Å²) >= 11 is 11.5. The normalized spacial score (nSPS) is 16.5. The van der Waals surface area contributed by atoms with Crippen molar-refractivity contribution >= 4 is 29.1 Å². The highest BCUT2D eigenvalue weighted by Crippen LogP contribution is 2.15. The standard InChI is InChI=1S/C16H22Cl2N2O2/c17-8-1-9-20-10-6-14(7-11-20)19-16(21)12-22-15-4-2-13(18)3-5-15/h2-5,14H,1,6-12H2,(H,19,21). The molecule has 0 saturated carbocycles. The van der Waals surface area contributed by atoms with Crippen LogP contribution in [0.15, 0.2) is 24.3 Å². The van der Waals surface area contributed by atoms with Crippen molar-refractivity contribution in [2.75, 3.05) is 32.1 Å². The molecule has 1 saturated heterocycles. The van der Waals surface area contributed by atoms with Crippen molar-refractivity contribution in [2.24, 2.45) is 0 Å². The second kappa shape index (κ2) is 9.23. The highest BCUT2D eigenvalue weighted by Gasteiger charge is 2.20. The van der Waals surface area contributed by atoms with Crippen LogP contribution in [-0.2, 0) is 4.79 Å². The summed E-state index contributed by atoms with van der Waals surface area (Å²) in [6.45, 7) is 3.11. The molecule has 6 heteroatoms. The number of hydrogen-bond donors (Lipinski definition) is 1. The van der Waals surface area contributed by atoms with Crippen LogP contribution in [0.4, 0.5) is 0 Å². The fraction of sp³-hybridized carbons (Fsp3) is 0.562. The number of carbonyl (C=O) groups is 1. The number of piperidine rings is 1. The quantitative estimate of drug-likeness (QED) is 0.773. The number of nitrogens with one attached hydrogen (secondary N) is 1. The monoisotopic (exact) mass is 344 g/mol. The van der Waals surface area contributed by atoms with E-state index in [-0.39, 0.29) is 18.6 Å². The lowest BCUT2D eigenvalue weighted by molar-refractivity contribution is -0.124. The molecule has 0 radical (unpaired) electrons. The molecule has 2 rings (SSSR count). The molecule has 1 aromatic carbocycles. The van der Waals surface area contributed by atoms with Crippen molar-refractivity contribution < 1.29 is 9.53 Å². The molecule has 0 unspecified atom stereocenters. The van der Waals surface area contributed by atoms with Crippen molar-refractivity contribution in [1.82, 2.24) is 10.2 Å². The first-order chi connectivity index (χ1) is 10.7. The maximum Gasteiger partial charge on any atom is 0.258 e. The van der Waals surface area contributed by atoms with Crippen LogP contribution in [-0.4, -0.2) is 49.0 Å². The molecule has 22 heavy (non-hydrogen) atoms. The highest BCUT2D eigenvalue weighted by molar-refractivity contribution is 6.30. The number of hydrogen-bond acceptors (Lipinski definition) is 3. The van der Waals surface area contributed by atoms with Crippen LogP contribution in [0.1, 0.15) is 19.3 Å². The average Bonchev–Trinajstić information content (AvgIpc) is 2.54. The van der Waals surface area contributed by atoms with Crippen LogP contribution in [0.5, 0.6) is 5.75 Å². The summed E-state index contributed by atoms with van der Waals surface area (Å²) < 4.78 is 5.44. The van der Waals surface area contributed by atoms with Crippen LogP contribution in [0.25, 0.3) is 0 Å². The van der Waals surface area contributed by atoms with Gasteiger partial charge in [0.15, 0.2) is 6.61 Å². The first kappa shape index (κ1) is 17.4. The number of rotatable bonds is 7. The molecular weight excluding hydrogens is 323 g/mol. The lowest BCUT2D eigenvalue weighted by Crippen LogP contribution is -2.46. The smallest absolute Gasteiger partial charge is 0.258 e. The van der Waals surface area contributed by atoms with Gasteiger partial charge in [-0.3, -0.25) is 4.79 Å². The van der Waals surface area contributed by atoms with Gasteiger partial charge in [0.2, 0.25) is 0 Å². The Morgan fingerprint density at radius 3 is 2.59 bits per heavy atom. The molecular formula is C16H22Cl2N2O2. The van der Waals surface area contributed by atoms with E-state index in [0.29, 0.717) is 16.7 Å². The van der Waals surface area contributed by atoms with Gasteiger partial charge in [0, 0.05) is 30.0 Å². The zero-order valence-electron chi connectivity index (χ0n) is 12.6. The minimum atomic E-state index is -0.0749. The number of ether oxygens (including phenoxy) is 1. The molecule has 0 atom stereocenters. The number of carbonyl (C=O) groups excluding carboxylic acids is 1. The van der Waals surface area contributed by atoms with Gasteiger partial charge in [0.25, 0.3) is 5.91 Å². The van der Waals surface area contributed by atoms with Gasteiger partial charge in [-0.1, -0.05) is 11.6 Å². The summed E-state index contributed by atoms with van der Waals surface area (Å²) in [5, 5.41) is 3.69. The minimum Gasteiger partial charge on any atom is -0.484 e. The Labute approximate surface area is 141 Å². The predicted octanol–water partition coefficient (Wildman–Crippen LogP) is 2.93. The Balaban J connectivity index is 1.64. The van der Waals surface area contributed by atoms with Crippen molar-refractivity contribution in [3.8, 4) is 5.75 Å². The first-order valence-electron chi connectivity index (χ1n) is 7.63.